The fourth-order valence-corrected chi connectivity index (χ4v) is 6.34. The third kappa shape index (κ3) is 44.7. The Balaban J connectivity index is 4.24. The SMILES string of the molecule is CC/C=C\C/C=C\C/C=C\C/C=C\C/C=C\CCCCCCCCOCC(COP(=O)(O)OCC(O)CO)OC(=O)CCCCCC/C=C\C/C=C\C/C=C\C/C=C\CC. The minimum atomic E-state index is -4.54. The largest absolute Gasteiger partial charge is 0.472 e. The van der Waals surface area contributed by atoms with E-state index in [1.54, 1.807) is 0 Å². The van der Waals surface area contributed by atoms with Crippen LogP contribution in [0.2, 0.25) is 0 Å². The lowest BCUT2D eigenvalue weighted by atomic mass is 10.1. The van der Waals surface area contributed by atoms with E-state index in [1.165, 1.54) is 19.3 Å². The average Bonchev–Trinajstić information content (AvgIpc) is 3.24. The van der Waals surface area contributed by atoms with Gasteiger partial charge in [0, 0.05) is 13.0 Å². The van der Waals surface area contributed by atoms with E-state index in [4.69, 9.17) is 23.6 Å². The van der Waals surface area contributed by atoms with Crippen LogP contribution in [0.1, 0.15) is 155 Å². The number of hydrogen-bond donors (Lipinski definition) is 3. The summed E-state index contributed by atoms with van der Waals surface area (Å²) in [5, 5.41) is 18.4. The molecule has 0 aliphatic rings. The molecule has 3 unspecified atom stereocenters. The first-order chi connectivity index (χ1) is 29.3. The Hall–Kier alpha value is -2.88. The normalized spacial score (nSPS) is 14.9. The third-order valence-electron chi connectivity index (χ3n) is 8.95. The van der Waals surface area contributed by atoms with Crippen molar-refractivity contribution >= 4 is 13.8 Å². The van der Waals surface area contributed by atoms with Crippen LogP contribution in [0.4, 0.5) is 0 Å². The summed E-state index contributed by atoms with van der Waals surface area (Å²) < 4.78 is 33.4. The van der Waals surface area contributed by atoms with Gasteiger partial charge in [0.05, 0.1) is 26.4 Å². The van der Waals surface area contributed by atoms with Crippen molar-refractivity contribution in [3.05, 3.63) is 109 Å². The molecule has 0 aromatic heterocycles. The monoisotopic (exact) mass is 859 g/mol. The number of esters is 1. The molecule has 0 spiro atoms. The van der Waals surface area contributed by atoms with Crippen molar-refractivity contribution in [2.75, 3.05) is 33.0 Å². The van der Waals surface area contributed by atoms with Crippen molar-refractivity contribution in [3.8, 4) is 0 Å². The van der Waals surface area contributed by atoms with E-state index in [-0.39, 0.29) is 13.0 Å². The predicted molar refractivity (Wildman–Crippen MR) is 251 cm³/mol. The molecule has 0 aromatic carbocycles. The first kappa shape index (κ1) is 57.1. The van der Waals surface area contributed by atoms with Crippen LogP contribution in [0.15, 0.2) is 109 Å². The Morgan fingerprint density at radius 1 is 0.517 bits per heavy atom. The second-order valence-corrected chi connectivity index (χ2v) is 16.1. The zero-order valence-electron chi connectivity index (χ0n) is 37.4. The highest BCUT2D eigenvalue weighted by atomic mass is 31.2. The highest BCUT2D eigenvalue weighted by Crippen LogP contribution is 2.43. The van der Waals surface area contributed by atoms with Crippen LogP contribution in [0.25, 0.3) is 0 Å². The van der Waals surface area contributed by atoms with Crippen molar-refractivity contribution in [1.29, 1.82) is 0 Å². The van der Waals surface area contributed by atoms with Gasteiger partial charge < -0.3 is 24.6 Å². The van der Waals surface area contributed by atoms with Gasteiger partial charge in [-0.2, -0.15) is 0 Å². The standard InChI is InChI=1S/C50H83O9P/c1-3-5-7-9-11-13-15-17-19-21-22-23-24-25-27-29-31-33-35-37-39-41-43-56-46-49(47-58-60(54,55)57-45-48(52)44-51)59-50(53)42-40-38-36-34-32-30-28-26-20-18-16-14-12-10-8-6-4-2/h5-8,11-14,17-20,22-23,25,27-28,30,48-49,51-52H,3-4,9-10,15-16,21,24,26,29,31-47H2,1-2H3,(H,54,55)/b7-5-,8-6-,13-11-,14-12-,19-17-,20-18-,23-22-,27-25-,30-28-. The second-order valence-electron chi connectivity index (χ2n) is 14.7. The Bertz CT molecular complexity index is 1290. The molecule has 0 saturated heterocycles. The Kier molecular flexibility index (Phi) is 43.5. The lowest BCUT2D eigenvalue weighted by Crippen LogP contribution is -2.29. The predicted octanol–water partition coefficient (Wildman–Crippen LogP) is 13.0. The highest BCUT2D eigenvalue weighted by Gasteiger charge is 2.26. The van der Waals surface area contributed by atoms with Crippen LogP contribution in [-0.4, -0.2) is 66.3 Å². The van der Waals surface area contributed by atoms with E-state index in [1.807, 2.05) is 0 Å². The van der Waals surface area contributed by atoms with E-state index in [0.29, 0.717) is 13.0 Å². The van der Waals surface area contributed by atoms with Gasteiger partial charge in [0.2, 0.25) is 0 Å². The van der Waals surface area contributed by atoms with Gasteiger partial charge in [0.1, 0.15) is 12.2 Å². The van der Waals surface area contributed by atoms with Crippen molar-refractivity contribution in [2.24, 2.45) is 0 Å². The summed E-state index contributed by atoms with van der Waals surface area (Å²) in [5.74, 6) is -0.417. The molecular weight excluding hydrogens is 776 g/mol. The van der Waals surface area contributed by atoms with Gasteiger partial charge in [0.15, 0.2) is 0 Å². The molecule has 9 nitrogen and oxygen atoms in total. The summed E-state index contributed by atoms with van der Waals surface area (Å²) >= 11 is 0. The minimum absolute atomic E-state index is 0.0210. The molecule has 0 aromatic rings. The van der Waals surface area contributed by atoms with Crippen molar-refractivity contribution in [1.82, 2.24) is 0 Å². The molecule has 0 fully saturated rings. The van der Waals surface area contributed by atoms with Gasteiger partial charge in [-0.25, -0.2) is 4.57 Å². The smallest absolute Gasteiger partial charge is 0.457 e. The first-order valence-corrected chi connectivity index (χ1v) is 24.4. The molecule has 342 valence electrons. The lowest BCUT2D eigenvalue weighted by molar-refractivity contribution is -0.154. The Morgan fingerprint density at radius 3 is 1.35 bits per heavy atom. The number of phosphoric acid groups is 1. The molecule has 0 aliphatic carbocycles. The van der Waals surface area contributed by atoms with Crippen LogP contribution < -0.4 is 0 Å². The summed E-state index contributed by atoms with van der Waals surface area (Å²) in [7, 11) is -4.54. The fourth-order valence-electron chi connectivity index (χ4n) is 5.55. The zero-order valence-corrected chi connectivity index (χ0v) is 38.3. The maximum Gasteiger partial charge on any atom is 0.472 e. The number of carbonyl (C=O) groups excluding carboxylic acids is 1. The van der Waals surface area contributed by atoms with E-state index in [0.717, 1.165) is 109 Å². The number of aliphatic hydroxyl groups is 2. The number of allylic oxidation sites excluding steroid dienone is 18. The lowest BCUT2D eigenvalue weighted by Gasteiger charge is -2.20. The number of unbranched alkanes of at least 4 members (excludes halogenated alkanes) is 10. The number of aliphatic hydroxyl groups excluding tert-OH is 2. The second kappa shape index (κ2) is 45.6. The quantitative estimate of drug-likeness (QED) is 0.0238. The molecule has 60 heavy (non-hydrogen) atoms. The van der Waals surface area contributed by atoms with Crippen LogP contribution in [0.3, 0.4) is 0 Å². The maximum absolute atomic E-state index is 12.6. The minimum Gasteiger partial charge on any atom is -0.457 e. The topological polar surface area (TPSA) is 132 Å². The summed E-state index contributed by atoms with van der Waals surface area (Å²) in [6.07, 6.45) is 59.0. The van der Waals surface area contributed by atoms with Gasteiger partial charge in [-0.1, -0.05) is 162 Å². The Morgan fingerprint density at radius 2 is 0.900 bits per heavy atom. The highest BCUT2D eigenvalue weighted by molar-refractivity contribution is 7.47. The summed E-state index contributed by atoms with van der Waals surface area (Å²) in [5.41, 5.74) is 0. The molecule has 0 heterocycles. The van der Waals surface area contributed by atoms with Gasteiger partial charge in [0.25, 0.3) is 0 Å². The van der Waals surface area contributed by atoms with Crippen molar-refractivity contribution < 1.29 is 43.0 Å². The molecule has 0 aliphatic heterocycles. The van der Waals surface area contributed by atoms with Gasteiger partial charge in [-0.15, -0.1) is 0 Å². The number of carbonyl (C=O) groups is 1. The first-order valence-electron chi connectivity index (χ1n) is 22.9. The number of hydrogen-bond acceptors (Lipinski definition) is 8. The van der Waals surface area contributed by atoms with E-state index in [2.05, 4.69) is 123 Å². The average molecular weight is 859 g/mol. The number of rotatable bonds is 42. The molecule has 0 amide bonds. The molecule has 0 rings (SSSR count). The van der Waals surface area contributed by atoms with Crippen LogP contribution in [0, 0.1) is 0 Å². The Labute approximate surface area is 365 Å². The van der Waals surface area contributed by atoms with Gasteiger partial charge in [-0.3, -0.25) is 13.8 Å². The van der Waals surface area contributed by atoms with E-state index in [9.17, 15) is 19.4 Å². The summed E-state index contributed by atoms with van der Waals surface area (Å²) in [4.78, 5) is 22.6. The van der Waals surface area contributed by atoms with Crippen LogP contribution in [-0.2, 0) is 27.9 Å². The molecule has 0 saturated carbocycles. The van der Waals surface area contributed by atoms with Crippen LogP contribution >= 0.6 is 7.82 Å². The van der Waals surface area contributed by atoms with Crippen LogP contribution in [0.5, 0.6) is 0 Å². The number of ether oxygens (including phenoxy) is 2. The molecular formula is C50H83O9P. The number of phosphoric ester groups is 1. The molecule has 0 bridgehead atoms. The van der Waals surface area contributed by atoms with E-state index < -0.39 is 45.8 Å². The van der Waals surface area contributed by atoms with Gasteiger partial charge in [-0.05, 0) is 96.3 Å². The maximum atomic E-state index is 12.6. The summed E-state index contributed by atoms with van der Waals surface area (Å²) in [6.45, 7) is 3.19. The summed E-state index contributed by atoms with van der Waals surface area (Å²) in [6, 6.07) is 0. The molecule has 10 heteroatoms. The van der Waals surface area contributed by atoms with E-state index >= 15 is 0 Å². The third-order valence-corrected chi connectivity index (χ3v) is 9.90. The zero-order chi connectivity index (χ0) is 43.9. The molecule has 0 radical (unpaired) electrons. The van der Waals surface area contributed by atoms with Crippen molar-refractivity contribution in [2.45, 2.75) is 167 Å². The van der Waals surface area contributed by atoms with Gasteiger partial charge >= 0.3 is 13.8 Å². The molecule has 3 atom stereocenters. The van der Waals surface area contributed by atoms with Crippen molar-refractivity contribution in [3.63, 3.8) is 0 Å². The molecule has 3 N–H and O–H groups in total. The fraction of sp³-hybridized carbons (Fsp3) is 0.620.